The molecule has 0 atom stereocenters. The molecule has 3 aromatic rings. The fourth-order valence-electron chi connectivity index (χ4n) is 2.31. The van der Waals surface area contributed by atoms with Crippen molar-refractivity contribution in [3.63, 3.8) is 0 Å². The number of rotatable bonds is 2. The fourth-order valence-corrected chi connectivity index (χ4v) is 2.89. The third-order valence-electron chi connectivity index (χ3n) is 3.55. The van der Waals surface area contributed by atoms with E-state index >= 15 is 0 Å². The number of aromatic amines is 1. The second kappa shape index (κ2) is 5.00. The second-order valence-electron chi connectivity index (χ2n) is 4.87. The lowest BCUT2D eigenvalue weighted by molar-refractivity contribution is 0.104. The fraction of sp³-hybridized carbons (Fsp3) is 0.0625. The van der Waals surface area contributed by atoms with Crippen molar-refractivity contribution in [2.45, 2.75) is 6.92 Å². The third kappa shape index (κ3) is 2.23. The summed E-state index contributed by atoms with van der Waals surface area (Å²) in [5, 5.41) is 0.780. The number of benzene rings is 2. The summed E-state index contributed by atoms with van der Waals surface area (Å²) in [5.74, 6) is -0.740. The molecule has 0 bridgehead atoms. The number of fused-ring (bicyclic) bond motifs is 1. The second-order valence-corrected chi connectivity index (χ2v) is 5.72. The molecule has 2 aromatic carbocycles. The lowest BCUT2D eigenvalue weighted by Crippen LogP contribution is -2.04. The van der Waals surface area contributed by atoms with E-state index in [1.165, 1.54) is 12.1 Å². The molecular weight excluding hydrogens is 335 g/mol. The number of ketones is 1. The highest BCUT2D eigenvalue weighted by Crippen LogP contribution is 2.29. The van der Waals surface area contributed by atoms with Crippen LogP contribution in [0.15, 0.2) is 41.0 Å². The first kappa shape index (κ1) is 13.8. The SMILES string of the molecule is Cc1c(N)cc(C(=O)c2c[nH]c3cccc(Br)c23)cc1F. The first-order valence-corrected chi connectivity index (χ1v) is 7.14. The van der Waals surface area contributed by atoms with Gasteiger partial charge in [0.05, 0.1) is 0 Å². The van der Waals surface area contributed by atoms with Crippen LogP contribution < -0.4 is 5.73 Å². The molecule has 0 spiro atoms. The summed E-state index contributed by atoms with van der Waals surface area (Å²) in [6.07, 6.45) is 1.63. The number of nitrogens with two attached hydrogens (primary N) is 1. The van der Waals surface area contributed by atoms with Crippen LogP contribution in [0, 0.1) is 12.7 Å². The van der Waals surface area contributed by atoms with Crippen molar-refractivity contribution >= 4 is 38.3 Å². The van der Waals surface area contributed by atoms with E-state index in [9.17, 15) is 9.18 Å². The minimum atomic E-state index is -0.475. The van der Waals surface area contributed by atoms with Gasteiger partial charge in [0.25, 0.3) is 0 Å². The zero-order valence-electron chi connectivity index (χ0n) is 11.2. The predicted octanol–water partition coefficient (Wildman–Crippen LogP) is 4.19. The van der Waals surface area contributed by atoms with Crippen molar-refractivity contribution in [1.29, 1.82) is 0 Å². The normalized spacial score (nSPS) is 11.0. The summed E-state index contributed by atoms with van der Waals surface area (Å²) in [6.45, 7) is 1.58. The van der Waals surface area contributed by atoms with Crippen LogP contribution in [0.5, 0.6) is 0 Å². The van der Waals surface area contributed by atoms with Gasteiger partial charge in [-0.1, -0.05) is 22.0 Å². The Bertz CT molecular complexity index is 847. The van der Waals surface area contributed by atoms with Crippen molar-refractivity contribution in [3.8, 4) is 0 Å². The van der Waals surface area contributed by atoms with Crippen molar-refractivity contribution in [3.05, 3.63) is 63.5 Å². The number of carbonyl (C=O) groups is 1. The van der Waals surface area contributed by atoms with Crippen LogP contribution in [0.4, 0.5) is 10.1 Å². The van der Waals surface area contributed by atoms with E-state index in [0.717, 1.165) is 15.4 Å². The number of nitrogens with one attached hydrogen (secondary N) is 1. The van der Waals surface area contributed by atoms with Crippen LogP contribution >= 0.6 is 15.9 Å². The first-order chi connectivity index (χ1) is 9.99. The highest BCUT2D eigenvalue weighted by atomic mass is 79.9. The maximum Gasteiger partial charge on any atom is 0.195 e. The molecule has 21 heavy (non-hydrogen) atoms. The van der Waals surface area contributed by atoms with Crippen molar-refractivity contribution in [1.82, 2.24) is 4.98 Å². The Morgan fingerprint density at radius 1 is 1.33 bits per heavy atom. The maximum atomic E-state index is 13.8. The Morgan fingerprint density at radius 2 is 2.10 bits per heavy atom. The Kier molecular flexibility index (Phi) is 3.29. The summed E-state index contributed by atoms with van der Waals surface area (Å²) in [4.78, 5) is 15.7. The molecule has 0 amide bonds. The first-order valence-electron chi connectivity index (χ1n) is 6.35. The standard InChI is InChI=1S/C16H12BrFN2O/c1-8-12(18)5-9(6-13(8)19)16(21)10-7-20-14-4-2-3-11(17)15(10)14/h2-7,20H,19H2,1H3. The van der Waals surface area contributed by atoms with Crippen LogP contribution in [-0.2, 0) is 0 Å². The highest BCUT2D eigenvalue weighted by molar-refractivity contribution is 9.10. The molecule has 0 aliphatic heterocycles. The monoisotopic (exact) mass is 346 g/mol. The molecule has 1 heterocycles. The quantitative estimate of drug-likeness (QED) is 0.539. The summed E-state index contributed by atoms with van der Waals surface area (Å²) < 4.78 is 14.6. The Hall–Kier alpha value is -2.14. The Labute approximate surface area is 129 Å². The van der Waals surface area contributed by atoms with E-state index in [1.807, 2.05) is 18.2 Å². The van der Waals surface area contributed by atoms with E-state index in [-0.39, 0.29) is 17.0 Å². The van der Waals surface area contributed by atoms with Crippen LogP contribution in [0.1, 0.15) is 21.5 Å². The van der Waals surface area contributed by atoms with Crippen molar-refractivity contribution in [2.24, 2.45) is 0 Å². The van der Waals surface area contributed by atoms with Gasteiger partial charge in [0.2, 0.25) is 0 Å². The molecule has 0 aliphatic carbocycles. The zero-order chi connectivity index (χ0) is 15.1. The molecule has 3 nitrogen and oxygen atoms in total. The number of hydrogen-bond donors (Lipinski definition) is 2. The highest BCUT2D eigenvalue weighted by Gasteiger charge is 2.18. The summed E-state index contributed by atoms with van der Waals surface area (Å²) in [5.41, 5.74) is 7.94. The molecule has 0 unspecified atom stereocenters. The van der Waals surface area contributed by atoms with Crippen molar-refractivity contribution < 1.29 is 9.18 Å². The number of anilines is 1. The van der Waals surface area contributed by atoms with Gasteiger partial charge < -0.3 is 10.7 Å². The predicted molar refractivity (Wildman–Crippen MR) is 85.0 cm³/mol. The Balaban J connectivity index is 2.17. The smallest absolute Gasteiger partial charge is 0.195 e. The van der Waals surface area contributed by atoms with E-state index in [1.54, 1.807) is 13.1 Å². The molecule has 5 heteroatoms. The minimum absolute atomic E-state index is 0.243. The number of aromatic nitrogens is 1. The average molecular weight is 347 g/mol. The summed E-state index contributed by atoms with van der Waals surface area (Å²) in [6, 6.07) is 8.35. The lowest BCUT2D eigenvalue weighted by Gasteiger charge is -2.06. The molecule has 1 aromatic heterocycles. The molecule has 3 rings (SSSR count). The van der Waals surface area contributed by atoms with Gasteiger partial charge in [-0.2, -0.15) is 0 Å². The Morgan fingerprint density at radius 3 is 2.81 bits per heavy atom. The number of halogens is 2. The number of H-pyrrole nitrogens is 1. The third-order valence-corrected chi connectivity index (χ3v) is 4.21. The van der Waals surface area contributed by atoms with E-state index in [4.69, 9.17) is 5.73 Å². The largest absolute Gasteiger partial charge is 0.398 e. The van der Waals surface area contributed by atoms with Gasteiger partial charge in [0, 0.05) is 44.0 Å². The zero-order valence-corrected chi connectivity index (χ0v) is 12.8. The molecule has 0 radical (unpaired) electrons. The van der Waals surface area contributed by atoms with Gasteiger partial charge >= 0.3 is 0 Å². The van der Waals surface area contributed by atoms with Crippen LogP contribution in [-0.4, -0.2) is 10.8 Å². The van der Waals surface area contributed by atoms with Crippen LogP contribution in [0.3, 0.4) is 0 Å². The van der Waals surface area contributed by atoms with Gasteiger partial charge in [-0.3, -0.25) is 4.79 Å². The van der Waals surface area contributed by atoms with Gasteiger partial charge in [0.1, 0.15) is 5.82 Å². The average Bonchev–Trinajstić information content (AvgIpc) is 2.89. The molecule has 3 N–H and O–H groups in total. The minimum Gasteiger partial charge on any atom is -0.398 e. The number of nitrogen functional groups attached to an aromatic ring is 1. The molecular formula is C16H12BrFN2O. The molecule has 0 aliphatic rings. The molecule has 106 valence electrons. The van der Waals surface area contributed by atoms with Gasteiger partial charge in [0.15, 0.2) is 5.78 Å². The van der Waals surface area contributed by atoms with Gasteiger partial charge in [-0.05, 0) is 31.2 Å². The summed E-state index contributed by atoms with van der Waals surface area (Å²) in [7, 11) is 0. The van der Waals surface area contributed by atoms with E-state index in [2.05, 4.69) is 20.9 Å². The molecule has 0 fully saturated rings. The van der Waals surface area contributed by atoms with Gasteiger partial charge in [-0.25, -0.2) is 4.39 Å². The topological polar surface area (TPSA) is 58.9 Å². The van der Waals surface area contributed by atoms with Crippen LogP contribution in [0.2, 0.25) is 0 Å². The summed E-state index contributed by atoms with van der Waals surface area (Å²) >= 11 is 3.44. The van der Waals surface area contributed by atoms with Crippen LogP contribution in [0.25, 0.3) is 10.9 Å². The molecule has 0 saturated heterocycles. The van der Waals surface area contributed by atoms with Crippen molar-refractivity contribution in [2.75, 3.05) is 5.73 Å². The van der Waals surface area contributed by atoms with E-state index in [0.29, 0.717) is 11.1 Å². The van der Waals surface area contributed by atoms with Gasteiger partial charge in [-0.15, -0.1) is 0 Å². The lowest BCUT2D eigenvalue weighted by atomic mass is 10.0. The number of hydrogen-bond acceptors (Lipinski definition) is 2. The van der Waals surface area contributed by atoms with E-state index < -0.39 is 5.82 Å². The molecule has 0 saturated carbocycles. The maximum absolute atomic E-state index is 13.8. The number of carbonyl (C=O) groups excluding carboxylic acids is 1.